The smallest absolute Gasteiger partial charge is 0.306 e. The lowest BCUT2D eigenvalue weighted by Gasteiger charge is -2.30. The summed E-state index contributed by atoms with van der Waals surface area (Å²) in [7, 11) is 0. The number of aliphatic carboxylic acids is 1. The minimum atomic E-state index is -0.765. The average Bonchev–Trinajstić information content (AvgIpc) is 2.48. The molecule has 0 atom stereocenters. The Morgan fingerprint density at radius 1 is 1.40 bits per heavy atom. The Hall–Kier alpha value is -2.02. The molecular formula is C13H18N4O3. The van der Waals surface area contributed by atoms with Crippen LogP contribution in [0.15, 0.2) is 18.6 Å². The van der Waals surface area contributed by atoms with E-state index in [1.165, 1.54) is 6.33 Å². The molecule has 0 spiro atoms. The zero-order valence-electron chi connectivity index (χ0n) is 11.2. The van der Waals surface area contributed by atoms with E-state index in [2.05, 4.69) is 15.3 Å². The second-order valence-electron chi connectivity index (χ2n) is 4.80. The number of piperidine rings is 1. The van der Waals surface area contributed by atoms with Crippen LogP contribution < -0.4 is 5.32 Å². The molecule has 2 rings (SSSR count). The monoisotopic (exact) mass is 278 g/mol. The number of amides is 1. The highest BCUT2D eigenvalue weighted by Crippen LogP contribution is 2.17. The summed E-state index contributed by atoms with van der Waals surface area (Å²) in [6, 6.07) is 1.79. The quantitative estimate of drug-likeness (QED) is 0.780. The first-order chi connectivity index (χ1) is 9.66. The first-order valence-electron chi connectivity index (χ1n) is 6.63. The fourth-order valence-electron chi connectivity index (χ4n) is 2.21. The SMILES string of the molecule is O=C(O)C1CCN(C(=O)CNCc2ccncn2)CC1. The summed E-state index contributed by atoms with van der Waals surface area (Å²) in [6.07, 6.45) is 4.19. The molecule has 1 aliphatic rings. The van der Waals surface area contributed by atoms with Crippen LogP contribution in [0, 0.1) is 5.92 Å². The molecule has 7 heteroatoms. The largest absolute Gasteiger partial charge is 0.481 e. The van der Waals surface area contributed by atoms with Crippen LogP contribution in [-0.4, -0.2) is 51.5 Å². The van der Waals surface area contributed by atoms with Crippen LogP contribution >= 0.6 is 0 Å². The maximum Gasteiger partial charge on any atom is 0.306 e. The van der Waals surface area contributed by atoms with E-state index in [0.717, 1.165) is 5.69 Å². The number of hydrogen-bond acceptors (Lipinski definition) is 5. The Balaban J connectivity index is 1.69. The van der Waals surface area contributed by atoms with Crippen LogP contribution in [0.1, 0.15) is 18.5 Å². The fourth-order valence-corrected chi connectivity index (χ4v) is 2.21. The van der Waals surface area contributed by atoms with Gasteiger partial charge in [-0.15, -0.1) is 0 Å². The minimum Gasteiger partial charge on any atom is -0.481 e. The van der Waals surface area contributed by atoms with Gasteiger partial charge in [0.1, 0.15) is 6.33 Å². The molecule has 20 heavy (non-hydrogen) atoms. The van der Waals surface area contributed by atoms with Crippen LogP contribution in [0.25, 0.3) is 0 Å². The maximum atomic E-state index is 11.9. The van der Waals surface area contributed by atoms with E-state index < -0.39 is 5.97 Å². The van der Waals surface area contributed by atoms with Crippen molar-refractivity contribution >= 4 is 11.9 Å². The van der Waals surface area contributed by atoms with E-state index in [0.29, 0.717) is 32.5 Å². The van der Waals surface area contributed by atoms with Gasteiger partial charge in [0, 0.05) is 25.8 Å². The van der Waals surface area contributed by atoms with Gasteiger partial charge in [0.2, 0.25) is 5.91 Å². The van der Waals surface area contributed by atoms with Crippen molar-refractivity contribution in [2.75, 3.05) is 19.6 Å². The Morgan fingerprint density at radius 3 is 2.75 bits per heavy atom. The normalized spacial score (nSPS) is 16.1. The number of nitrogens with one attached hydrogen (secondary N) is 1. The number of aromatic nitrogens is 2. The molecular weight excluding hydrogens is 260 g/mol. The number of hydrogen-bond donors (Lipinski definition) is 2. The molecule has 0 radical (unpaired) electrons. The van der Waals surface area contributed by atoms with Gasteiger partial charge in [0.05, 0.1) is 18.2 Å². The third-order valence-corrected chi connectivity index (χ3v) is 3.42. The number of carbonyl (C=O) groups excluding carboxylic acids is 1. The third kappa shape index (κ3) is 3.99. The van der Waals surface area contributed by atoms with E-state index in [1.54, 1.807) is 17.2 Å². The minimum absolute atomic E-state index is 0.00268. The molecule has 0 bridgehead atoms. The van der Waals surface area contributed by atoms with Gasteiger partial charge >= 0.3 is 5.97 Å². The molecule has 0 aliphatic carbocycles. The summed E-state index contributed by atoms with van der Waals surface area (Å²) in [5, 5.41) is 11.9. The van der Waals surface area contributed by atoms with E-state index in [1.807, 2.05) is 0 Å². The van der Waals surface area contributed by atoms with E-state index >= 15 is 0 Å². The van der Waals surface area contributed by atoms with E-state index in [-0.39, 0.29) is 18.4 Å². The molecule has 1 fully saturated rings. The Kier molecular flexibility index (Phi) is 5.00. The standard InChI is InChI=1S/C13H18N4O3/c18-12(8-15-7-11-1-4-14-9-16-11)17-5-2-10(3-6-17)13(19)20/h1,4,9-10,15H,2-3,5-8H2,(H,19,20). The van der Waals surface area contributed by atoms with E-state index in [4.69, 9.17) is 5.11 Å². The maximum absolute atomic E-state index is 11.9. The number of carbonyl (C=O) groups is 2. The molecule has 108 valence electrons. The summed E-state index contributed by atoms with van der Waals surface area (Å²) in [6.45, 7) is 1.79. The van der Waals surface area contributed by atoms with Crippen molar-refractivity contribution in [3.05, 3.63) is 24.3 Å². The number of likely N-dealkylation sites (tertiary alicyclic amines) is 1. The number of carboxylic acid groups (broad SMARTS) is 1. The highest BCUT2D eigenvalue weighted by atomic mass is 16.4. The summed E-state index contributed by atoms with van der Waals surface area (Å²) in [5.74, 6) is -1.07. The first kappa shape index (κ1) is 14.4. The van der Waals surface area contributed by atoms with Gasteiger partial charge in [-0.05, 0) is 18.9 Å². The summed E-state index contributed by atoms with van der Waals surface area (Å²) in [5.41, 5.74) is 0.831. The van der Waals surface area contributed by atoms with Crippen molar-refractivity contribution in [2.45, 2.75) is 19.4 Å². The van der Waals surface area contributed by atoms with Crippen molar-refractivity contribution in [1.82, 2.24) is 20.2 Å². The van der Waals surface area contributed by atoms with Gasteiger partial charge in [-0.3, -0.25) is 9.59 Å². The van der Waals surface area contributed by atoms with Gasteiger partial charge in [-0.25, -0.2) is 9.97 Å². The van der Waals surface area contributed by atoms with Crippen LogP contribution in [0.4, 0.5) is 0 Å². The van der Waals surface area contributed by atoms with Crippen LogP contribution in [0.2, 0.25) is 0 Å². The van der Waals surface area contributed by atoms with Gasteiger partial charge in [0.25, 0.3) is 0 Å². The summed E-state index contributed by atoms with van der Waals surface area (Å²) in [4.78, 5) is 32.4. The summed E-state index contributed by atoms with van der Waals surface area (Å²) >= 11 is 0. The van der Waals surface area contributed by atoms with Crippen molar-refractivity contribution in [3.8, 4) is 0 Å². The number of nitrogens with zero attached hydrogens (tertiary/aromatic N) is 3. The number of carboxylic acids is 1. The van der Waals surface area contributed by atoms with Crippen molar-refractivity contribution in [2.24, 2.45) is 5.92 Å². The molecule has 2 heterocycles. The second kappa shape index (κ2) is 6.95. The Morgan fingerprint density at radius 2 is 2.15 bits per heavy atom. The molecule has 2 N–H and O–H groups in total. The van der Waals surface area contributed by atoms with Gasteiger partial charge in [0.15, 0.2) is 0 Å². The van der Waals surface area contributed by atoms with Crippen LogP contribution in [0.5, 0.6) is 0 Å². The van der Waals surface area contributed by atoms with Crippen molar-refractivity contribution in [1.29, 1.82) is 0 Å². The molecule has 1 aromatic rings. The second-order valence-corrected chi connectivity index (χ2v) is 4.80. The van der Waals surface area contributed by atoms with Crippen molar-refractivity contribution in [3.63, 3.8) is 0 Å². The third-order valence-electron chi connectivity index (χ3n) is 3.42. The molecule has 0 aromatic carbocycles. The van der Waals surface area contributed by atoms with Gasteiger partial charge in [-0.2, -0.15) is 0 Å². The Labute approximate surface area is 117 Å². The lowest BCUT2D eigenvalue weighted by atomic mass is 9.97. The zero-order chi connectivity index (χ0) is 14.4. The molecule has 1 aromatic heterocycles. The predicted molar refractivity (Wildman–Crippen MR) is 70.7 cm³/mol. The molecule has 1 saturated heterocycles. The lowest BCUT2D eigenvalue weighted by molar-refractivity contribution is -0.145. The van der Waals surface area contributed by atoms with Gasteiger partial charge < -0.3 is 15.3 Å². The molecule has 7 nitrogen and oxygen atoms in total. The molecule has 1 aliphatic heterocycles. The molecule has 0 saturated carbocycles. The lowest BCUT2D eigenvalue weighted by Crippen LogP contribution is -2.44. The fraction of sp³-hybridized carbons (Fsp3) is 0.538. The highest BCUT2D eigenvalue weighted by molar-refractivity contribution is 5.78. The predicted octanol–water partition coefficient (Wildman–Crippen LogP) is -0.111. The average molecular weight is 278 g/mol. The summed E-state index contributed by atoms with van der Waals surface area (Å²) < 4.78 is 0. The Bertz CT molecular complexity index is 458. The zero-order valence-corrected chi connectivity index (χ0v) is 11.2. The van der Waals surface area contributed by atoms with E-state index in [9.17, 15) is 9.59 Å². The first-order valence-corrected chi connectivity index (χ1v) is 6.63. The van der Waals surface area contributed by atoms with Crippen LogP contribution in [0.3, 0.4) is 0 Å². The number of rotatable bonds is 5. The molecule has 1 amide bonds. The highest BCUT2D eigenvalue weighted by Gasteiger charge is 2.26. The van der Waals surface area contributed by atoms with Crippen LogP contribution in [-0.2, 0) is 16.1 Å². The van der Waals surface area contributed by atoms with Crippen molar-refractivity contribution < 1.29 is 14.7 Å². The topological polar surface area (TPSA) is 95.4 Å². The molecule has 0 unspecified atom stereocenters. The van der Waals surface area contributed by atoms with Gasteiger partial charge in [-0.1, -0.05) is 0 Å².